The Hall–Kier alpha value is -3.01. The van der Waals surface area contributed by atoms with Gasteiger partial charge < -0.3 is 14.8 Å². The molecule has 0 saturated carbocycles. The van der Waals surface area contributed by atoms with Crippen LogP contribution in [0.15, 0.2) is 65.4 Å². The lowest BCUT2D eigenvalue weighted by Crippen LogP contribution is -2.15. The van der Waals surface area contributed by atoms with E-state index in [-0.39, 0.29) is 12.4 Å². The summed E-state index contributed by atoms with van der Waals surface area (Å²) in [5, 5.41) is 12.4. The van der Waals surface area contributed by atoms with Gasteiger partial charge in [-0.15, -0.1) is 0 Å². The predicted octanol–water partition coefficient (Wildman–Crippen LogP) is 5.49. The smallest absolute Gasteiger partial charge is 0.277 e. The average molecular weight is 551 g/mol. The van der Waals surface area contributed by atoms with Gasteiger partial charge >= 0.3 is 0 Å². The van der Waals surface area contributed by atoms with Crippen LogP contribution < -0.4 is 14.8 Å². The third kappa shape index (κ3) is 5.87. The van der Waals surface area contributed by atoms with Gasteiger partial charge in [-0.3, -0.25) is 9.48 Å². The highest BCUT2D eigenvalue weighted by molar-refractivity contribution is 9.10. The molecule has 0 fully saturated rings. The Morgan fingerprint density at radius 1 is 1.03 bits per heavy atom. The van der Waals surface area contributed by atoms with E-state index in [9.17, 15) is 4.79 Å². The molecule has 1 amide bonds. The van der Waals surface area contributed by atoms with Crippen molar-refractivity contribution < 1.29 is 14.3 Å². The van der Waals surface area contributed by atoms with Crippen LogP contribution in [0.1, 0.15) is 16.1 Å². The lowest BCUT2D eigenvalue weighted by Gasteiger charge is -2.07. The molecule has 33 heavy (non-hydrogen) atoms. The Bertz CT molecular complexity index is 1270. The number of nitrogens with zero attached hydrogens (tertiary/aromatic N) is 4. The summed E-state index contributed by atoms with van der Waals surface area (Å²) >= 11 is 15.5. The molecule has 2 aromatic heterocycles. The van der Waals surface area contributed by atoms with Crippen LogP contribution in [0.2, 0.25) is 10.0 Å². The molecule has 0 bridgehead atoms. The fraction of sp³-hybridized carbons (Fsp3) is 0.136. The fourth-order valence-electron chi connectivity index (χ4n) is 2.93. The number of carbonyl (C=O) groups excluding carboxylic acids is 1. The van der Waals surface area contributed by atoms with E-state index in [1.54, 1.807) is 66.6 Å². The summed E-state index contributed by atoms with van der Waals surface area (Å²) in [6, 6.07) is 14.2. The van der Waals surface area contributed by atoms with Gasteiger partial charge in [0, 0.05) is 12.4 Å². The van der Waals surface area contributed by atoms with Gasteiger partial charge in [-0.2, -0.15) is 10.2 Å². The molecule has 0 aliphatic rings. The van der Waals surface area contributed by atoms with Crippen molar-refractivity contribution in [3.05, 3.63) is 86.7 Å². The highest BCUT2D eigenvalue weighted by Crippen LogP contribution is 2.25. The van der Waals surface area contributed by atoms with E-state index in [0.717, 1.165) is 11.3 Å². The number of amides is 1. The molecule has 0 aliphatic carbocycles. The van der Waals surface area contributed by atoms with E-state index in [4.69, 9.17) is 32.7 Å². The van der Waals surface area contributed by atoms with E-state index in [1.807, 2.05) is 6.07 Å². The number of nitrogens with one attached hydrogen (secondary N) is 1. The van der Waals surface area contributed by atoms with E-state index < -0.39 is 5.91 Å². The summed E-state index contributed by atoms with van der Waals surface area (Å²) in [7, 11) is 1.60. The predicted molar refractivity (Wildman–Crippen MR) is 129 cm³/mol. The molecule has 8 nitrogen and oxygen atoms in total. The topological polar surface area (TPSA) is 83.2 Å². The number of rotatable bonds is 8. The Morgan fingerprint density at radius 2 is 1.79 bits per heavy atom. The first kappa shape index (κ1) is 23.2. The Kier molecular flexibility index (Phi) is 7.22. The van der Waals surface area contributed by atoms with Crippen molar-refractivity contribution >= 4 is 50.9 Å². The zero-order chi connectivity index (χ0) is 23.4. The van der Waals surface area contributed by atoms with E-state index in [2.05, 4.69) is 31.4 Å². The molecule has 2 aromatic carbocycles. The molecule has 1 N–H and O–H groups in total. The second-order valence-corrected chi connectivity index (χ2v) is 8.58. The number of ether oxygens (including phenoxy) is 2. The molecular weight excluding hydrogens is 533 g/mol. The molecule has 170 valence electrons. The molecular formula is C22H18BrCl2N5O3. The molecule has 0 atom stereocenters. The Morgan fingerprint density at radius 3 is 2.52 bits per heavy atom. The van der Waals surface area contributed by atoms with Crippen LogP contribution in [-0.2, 0) is 13.3 Å². The van der Waals surface area contributed by atoms with E-state index in [0.29, 0.717) is 32.6 Å². The number of anilines is 1. The summed E-state index contributed by atoms with van der Waals surface area (Å²) in [5.41, 5.74) is 1.16. The van der Waals surface area contributed by atoms with Crippen molar-refractivity contribution in [1.29, 1.82) is 0 Å². The molecule has 0 saturated heterocycles. The molecule has 0 radical (unpaired) electrons. The summed E-state index contributed by atoms with van der Waals surface area (Å²) < 4.78 is 14.6. The highest BCUT2D eigenvalue weighted by atomic mass is 79.9. The van der Waals surface area contributed by atoms with Crippen LogP contribution in [0.4, 0.5) is 5.82 Å². The van der Waals surface area contributed by atoms with Gasteiger partial charge in [0.1, 0.15) is 11.5 Å². The second-order valence-electron chi connectivity index (χ2n) is 6.92. The number of benzene rings is 2. The number of hydrogen-bond donors (Lipinski definition) is 1. The Balaban J connectivity index is 1.36. The van der Waals surface area contributed by atoms with Crippen LogP contribution in [0, 0.1) is 0 Å². The zero-order valence-electron chi connectivity index (χ0n) is 17.3. The molecule has 2 heterocycles. The standard InChI is InChI=1S/C22H18BrCl2N5O3/c1-32-15-3-5-16(6-4-15)33-13-29-9-8-20(27-29)22(31)26-21-17(23)12-30(28-21)11-14-2-7-18(24)19(25)10-14/h2-10,12H,11,13H2,1H3,(H,26,28,31). The average Bonchev–Trinajstić information content (AvgIpc) is 3.42. The minimum absolute atomic E-state index is 0.154. The van der Waals surface area contributed by atoms with E-state index in [1.165, 1.54) is 4.68 Å². The third-order valence-electron chi connectivity index (χ3n) is 4.57. The zero-order valence-corrected chi connectivity index (χ0v) is 20.4. The van der Waals surface area contributed by atoms with Crippen LogP contribution in [0.3, 0.4) is 0 Å². The highest BCUT2D eigenvalue weighted by Gasteiger charge is 2.15. The van der Waals surface area contributed by atoms with Gasteiger partial charge in [0.25, 0.3) is 5.91 Å². The normalized spacial score (nSPS) is 10.8. The minimum Gasteiger partial charge on any atom is -0.497 e. The van der Waals surface area contributed by atoms with Gasteiger partial charge in [-0.25, -0.2) is 4.68 Å². The van der Waals surface area contributed by atoms with Crippen molar-refractivity contribution in [3.63, 3.8) is 0 Å². The molecule has 11 heteroatoms. The van der Waals surface area contributed by atoms with Gasteiger partial charge in [0.05, 0.1) is 28.2 Å². The molecule has 0 unspecified atom stereocenters. The minimum atomic E-state index is -0.390. The van der Waals surface area contributed by atoms with Gasteiger partial charge in [0.2, 0.25) is 0 Å². The number of methoxy groups -OCH3 is 1. The maximum absolute atomic E-state index is 12.6. The maximum atomic E-state index is 12.6. The quantitative estimate of drug-likeness (QED) is 0.313. The van der Waals surface area contributed by atoms with Gasteiger partial charge in [0.15, 0.2) is 18.2 Å². The molecule has 0 aliphatic heterocycles. The largest absolute Gasteiger partial charge is 0.497 e. The molecule has 0 spiro atoms. The summed E-state index contributed by atoms with van der Waals surface area (Å²) in [4.78, 5) is 12.6. The first-order valence-electron chi connectivity index (χ1n) is 9.70. The second kappa shape index (κ2) is 10.3. The summed E-state index contributed by atoms with van der Waals surface area (Å²) in [5.74, 6) is 1.39. The number of hydrogen-bond acceptors (Lipinski definition) is 5. The van der Waals surface area contributed by atoms with Crippen LogP contribution >= 0.6 is 39.1 Å². The van der Waals surface area contributed by atoms with E-state index >= 15 is 0 Å². The van der Waals surface area contributed by atoms with Crippen molar-refractivity contribution in [3.8, 4) is 11.5 Å². The summed E-state index contributed by atoms with van der Waals surface area (Å²) in [6.07, 6.45) is 3.43. The van der Waals surface area contributed by atoms with Crippen LogP contribution in [0.25, 0.3) is 0 Å². The first-order chi connectivity index (χ1) is 15.9. The maximum Gasteiger partial charge on any atom is 0.277 e. The fourth-order valence-corrected chi connectivity index (χ4v) is 3.66. The van der Waals surface area contributed by atoms with Crippen molar-refractivity contribution in [1.82, 2.24) is 19.6 Å². The lowest BCUT2D eigenvalue weighted by atomic mass is 10.2. The molecule has 4 aromatic rings. The Labute approximate surface area is 208 Å². The number of carbonyl (C=O) groups is 1. The lowest BCUT2D eigenvalue weighted by molar-refractivity contribution is 0.101. The van der Waals surface area contributed by atoms with Crippen LogP contribution in [-0.4, -0.2) is 32.6 Å². The van der Waals surface area contributed by atoms with Crippen molar-refractivity contribution in [2.24, 2.45) is 0 Å². The SMILES string of the molecule is COc1ccc(OCn2ccc(C(=O)Nc3nn(Cc4ccc(Cl)c(Cl)c4)cc3Br)n2)cc1. The van der Waals surface area contributed by atoms with Crippen molar-refractivity contribution in [2.75, 3.05) is 12.4 Å². The van der Waals surface area contributed by atoms with Crippen molar-refractivity contribution in [2.45, 2.75) is 13.3 Å². The number of halogens is 3. The van der Waals surface area contributed by atoms with Crippen LogP contribution in [0.5, 0.6) is 11.5 Å². The molecule has 4 rings (SSSR count). The monoisotopic (exact) mass is 549 g/mol. The first-order valence-corrected chi connectivity index (χ1v) is 11.2. The van der Waals surface area contributed by atoms with Gasteiger partial charge in [-0.1, -0.05) is 29.3 Å². The third-order valence-corrected chi connectivity index (χ3v) is 5.89. The van der Waals surface area contributed by atoms with Gasteiger partial charge in [-0.05, 0) is 64.0 Å². The summed E-state index contributed by atoms with van der Waals surface area (Å²) in [6.45, 7) is 0.615. The number of aromatic nitrogens is 4.